The zero-order valence-corrected chi connectivity index (χ0v) is 11.3. The van der Waals surface area contributed by atoms with Crippen LogP contribution in [-0.2, 0) is 6.42 Å². The highest BCUT2D eigenvalue weighted by atomic mass is 19.1. The lowest BCUT2D eigenvalue weighted by Gasteiger charge is -2.36. The number of benzene rings is 1. The van der Waals surface area contributed by atoms with Crippen LogP contribution in [0.1, 0.15) is 31.2 Å². The number of nitrogens with zero attached hydrogens (tertiary/aromatic N) is 1. The molecule has 2 N–H and O–H groups in total. The number of nitro groups is 1. The van der Waals surface area contributed by atoms with Gasteiger partial charge in [0.2, 0.25) is 0 Å². The fourth-order valence-corrected chi connectivity index (χ4v) is 4.35. The first kappa shape index (κ1) is 13.5. The van der Waals surface area contributed by atoms with Crippen molar-refractivity contribution in [2.75, 3.05) is 6.54 Å². The van der Waals surface area contributed by atoms with Gasteiger partial charge in [0, 0.05) is 11.6 Å². The molecule has 1 aromatic rings. The molecule has 1 aromatic carbocycles. The summed E-state index contributed by atoms with van der Waals surface area (Å²) in [6.45, 7) is 0.530. The summed E-state index contributed by atoms with van der Waals surface area (Å²) in [5, 5.41) is 11.1. The molecule has 0 saturated heterocycles. The molecule has 0 radical (unpaired) electrons. The largest absolute Gasteiger partial charge is 0.330 e. The predicted octanol–water partition coefficient (Wildman–Crippen LogP) is 3.04. The van der Waals surface area contributed by atoms with Gasteiger partial charge < -0.3 is 5.73 Å². The van der Waals surface area contributed by atoms with E-state index in [4.69, 9.17) is 5.73 Å². The number of nitro benzene ring substituents is 1. The summed E-state index contributed by atoms with van der Waals surface area (Å²) in [6.07, 6.45) is 5.14. The fourth-order valence-electron chi connectivity index (χ4n) is 4.35. The monoisotopic (exact) mass is 278 g/mol. The van der Waals surface area contributed by atoms with E-state index in [1.807, 2.05) is 0 Å². The van der Waals surface area contributed by atoms with Crippen molar-refractivity contribution in [1.29, 1.82) is 0 Å². The Labute approximate surface area is 117 Å². The zero-order chi connectivity index (χ0) is 14.3. The summed E-state index contributed by atoms with van der Waals surface area (Å²) in [5.74, 6) is 0.831. The van der Waals surface area contributed by atoms with Gasteiger partial charge in [-0.2, -0.15) is 0 Å². The van der Waals surface area contributed by atoms with Gasteiger partial charge in [0.15, 0.2) is 0 Å². The van der Waals surface area contributed by atoms with Crippen LogP contribution in [0.2, 0.25) is 0 Å². The van der Waals surface area contributed by atoms with Crippen LogP contribution in [0.3, 0.4) is 0 Å². The van der Waals surface area contributed by atoms with Crippen LogP contribution in [-0.4, -0.2) is 11.5 Å². The average molecular weight is 278 g/mol. The standard InChI is InChI=1S/C15H19FN2O2/c16-13-3-4-14(18(19)20)11(6-13)8-15(9-17)7-10-1-2-12(15)5-10/h3-4,6,10,12H,1-2,5,7-9,17H2. The van der Waals surface area contributed by atoms with Crippen molar-refractivity contribution in [2.24, 2.45) is 23.0 Å². The van der Waals surface area contributed by atoms with Crippen molar-refractivity contribution in [2.45, 2.75) is 32.1 Å². The summed E-state index contributed by atoms with van der Waals surface area (Å²) < 4.78 is 13.4. The molecule has 20 heavy (non-hydrogen) atoms. The quantitative estimate of drug-likeness (QED) is 0.679. The van der Waals surface area contributed by atoms with Gasteiger partial charge in [-0.05, 0) is 61.6 Å². The average Bonchev–Trinajstić information content (AvgIpc) is 2.99. The highest BCUT2D eigenvalue weighted by molar-refractivity contribution is 5.41. The molecule has 108 valence electrons. The molecule has 0 aromatic heterocycles. The number of nitrogens with two attached hydrogens (primary N) is 1. The third-order valence-corrected chi connectivity index (χ3v) is 5.29. The molecule has 2 saturated carbocycles. The van der Waals surface area contributed by atoms with E-state index in [1.165, 1.54) is 25.0 Å². The van der Waals surface area contributed by atoms with Gasteiger partial charge in [-0.15, -0.1) is 0 Å². The van der Waals surface area contributed by atoms with Crippen molar-refractivity contribution in [3.8, 4) is 0 Å². The maximum absolute atomic E-state index is 13.4. The van der Waals surface area contributed by atoms with E-state index >= 15 is 0 Å². The lowest BCUT2D eigenvalue weighted by molar-refractivity contribution is -0.385. The third-order valence-electron chi connectivity index (χ3n) is 5.29. The van der Waals surface area contributed by atoms with Crippen molar-refractivity contribution in [1.82, 2.24) is 0 Å². The van der Waals surface area contributed by atoms with Crippen molar-refractivity contribution in [3.05, 3.63) is 39.7 Å². The Balaban J connectivity index is 1.94. The maximum Gasteiger partial charge on any atom is 0.272 e. The predicted molar refractivity (Wildman–Crippen MR) is 73.7 cm³/mol. The van der Waals surface area contributed by atoms with E-state index < -0.39 is 10.7 Å². The first-order chi connectivity index (χ1) is 9.54. The van der Waals surface area contributed by atoms with Crippen molar-refractivity contribution >= 4 is 5.69 Å². The van der Waals surface area contributed by atoms with Gasteiger partial charge in [0.05, 0.1) is 4.92 Å². The zero-order valence-electron chi connectivity index (χ0n) is 11.3. The molecule has 3 unspecified atom stereocenters. The fraction of sp³-hybridized carbons (Fsp3) is 0.600. The minimum Gasteiger partial charge on any atom is -0.330 e. The summed E-state index contributed by atoms with van der Waals surface area (Å²) in [5.41, 5.74) is 6.45. The Kier molecular flexibility index (Phi) is 3.24. The molecule has 2 aliphatic carbocycles. The lowest BCUT2D eigenvalue weighted by Crippen LogP contribution is -2.38. The third kappa shape index (κ3) is 2.10. The van der Waals surface area contributed by atoms with Gasteiger partial charge in [-0.25, -0.2) is 4.39 Å². The van der Waals surface area contributed by atoms with Crippen LogP contribution in [0.15, 0.2) is 18.2 Å². The van der Waals surface area contributed by atoms with E-state index in [-0.39, 0.29) is 11.1 Å². The molecule has 3 atom stereocenters. The molecule has 2 bridgehead atoms. The smallest absolute Gasteiger partial charge is 0.272 e. The van der Waals surface area contributed by atoms with Crippen molar-refractivity contribution < 1.29 is 9.31 Å². The second-order valence-electron chi connectivity index (χ2n) is 6.35. The van der Waals surface area contributed by atoms with Crippen LogP contribution in [0.4, 0.5) is 10.1 Å². The molecular formula is C15H19FN2O2. The van der Waals surface area contributed by atoms with Gasteiger partial charge in [0.25, 0.3) is 5.69 Å². The SMILES string of the molecule is NCC1(Cc2cc(F)ccc2[N+](=O)[O-])CC2CCC1C2. The van der Waals surface area contributed by atoms with E-state index in [0.29, 0.717) is 30.4 Å². The van der Waals surface area contributed by atoms with E-state index in [2.05, 4.69) is 0 Å². The molecule has 4 nitrogen and oxygen atoms in total. The van der Waals surface area contributed by atoms with E-state index in [0.717, 1.165) is 18.9 Å². The maximum atomic E-state index is 13.4. The van der Waals surface area contributed by atoms with Crippen LogP contribution in [0, 0.1) is 33.2 Å². The first-order valence-corrected chi connectivity index (χ1v) is 7.17. The van der Waals surface area contributed by atoms with Crippen LogP contribution in [0.5, 0.6) is 0 Å². The second-order valence-corrected chi connectivity index (χ2v) is 6.35. The molecule has 2 fully saturated rings. The minimum absolute atomic E-state index is 0.0157. The second kappa shape index (κ2) is 4.81. The molecular weight excluding hydrogens is 259 g/mol. The summed E-state index contributed by atoms with van der Waals surface area (Å²) >= 11 is 0. The highest BCUT2D eigenvalue weighted by Crippen LogP contribution is 2.57. The molecule has 5 heteroatoms. The van der Waals surface area contributed by atoms with Gasteiger partial charge >= 0.3 is 0 Å². The first-order valence-electron chi connectivity index (χ1n) is 7.17. The van der Waals surface area contributed by atoms with Crippen LogP contribution in [0.25, 0.3) is 0 Å². The number of hydrogen-bond donors (Lipinski definition) is 1. The number of fused-ring (bicyclic) bond motifs is 2. The molecule has 3 rings (SSSR count). The van der Waals surface area contributed by atoms with E-state index in [9.17, 15) is 14.5 Å². The number of hydrogen-bond acceptors (Lipinski definition) is 3. The Hall–Kier alpha value is -1.49. The lowest BCUT2D eigenvalue weighted by atomic mass is 9.69. The summed E-state index contributed by atoms with van der Waals surface area (Å²) in [6, 6.07) is 3.72. The Morgan fingerprint density at radius 3 is 2.80 bits per heavy atom. The molecule has 0 aliphatic heterocycles. The molecule has 0 heterocycles. The summed E-state index contributed by atoms with van der Waals surface area (Å²) in [4.78, 5) is 10.7. The number of rotatable bonds is 4. The van der Waals surface area contributed by atoms with Gasteiger partial charge in [0.1, 0.15) is 5.82 Å². The Bertz CT molecular complexity index is 549. The number of halogens is 1. The topological polar surface area (TPSA) is 69.2 Å². The van der Waals surface area contributed by atoms with Gasteiger partial charge in [-0.3, -0.25) is 10.1 Å². The highest BCUT2D eigenvalue weighted by Gasteiger charge is 2.50. The Morgan fingerprint density at radius 2 is 2.25 bits per heavy atom. The van der Waals surface area contributed by atoms with Gasteiger partial charge in [-0.1, -0.05) is 6.42 Å². The normalized spacial score (nSPS) is 31.7. The van der Waals surface area contributed by atoms with Crippen molar-refractivity contribution in [3.63, 3.8) is 0 Å². The molecule has 2 aliphatic rings. The molecule has 0 amide bonds. The molecule has 0 spiro atoms. The van der Waals surface area contributed by atoms with Crippen LogP contribution < -0.4 is 5.73 Å². The van der Waals surface area contributed by atoms with Crippen LogP contribution >= 0.6 is 0 Å². The Morgan fingerprint density at radius 1 is 1.45 bits per heavy atom. The van der Waals surface area contributed by atoms with E-state index in [1.54, 1.807) is 0 Å². The minimum atomic E-state index is -0.424. The summed E-state index contributed by atoms with van der Waals surface area (Å²) in [7, 11) is 0.